The molecule has 1 heterocycles. The Hall–Kier alpha value is -2.32. The third-order valence-electron chi connectivity index (χ3n) is 2.14. The summed E-state index contributed by atoms with van der Waals surface area (Å²) in [5.74, 6) is -1.89. The van der Waals surface area contributed by atoms with Gasteiger partial charge in [-0.3, -0.25) is 9.59 Å². The Morgan fingerprint density at radius 3 is 2.67 bits per heavy atom. The highest BCUT2D eigenvalue weighted by Gasteiger charge is 2.27. The fourth-order valence-electron chi connectivity index (χ4n) is 1.29. The number of hydrogen-bond acceptors (Lipinski definition) is 5. The molecule has 0 aliphatic carbocycles. The molecule has 18 heavy (non-hydrogen) atoms. The summed E-state index contributed by atoms with van der Waals surface area (Å²) in [7, 11) is 1.07. The third kappa shape index (κ3) is 2.67. The van der Waals surface area contributed by atoms with Crippen LogP contribution < -0.4 is 5.43 Å². The molecule has 7 nitrogen and oxygen atoms in total. The number of aromatic nitrogens is 1. The standard InChI is InChI=1S/C9H8F2N2O5/c1-18-5(14)2-4-3-12-9(13(16)17)6(7(4)15)8(10)11/h3,8H,2H2,1H3,(H,12,15). The molecule has 1 aromatic heterocycles. The molecule has 0 unspecified atom stereocenters. The van der Waals surface area contributed by atoms with E-state index in [1.807, 2.05) is 4.98 Å². The van der Waals surface area contributed by atoms with Crippen LogP contribution in [-0.4, -0.2) is 23.0 Å². The predicted molar refractivity (Wildman–Crippen MR) is 54.4 cm³/mol. The normalized spacial score (nSPS) is 10.4. The quantitative estimate of drug-likeness (QED) is 0.494. The molecule has 0 amide bonds. The van der Waals surface area contributed by atoms with Crippen LogP contribution in [0.15, 0.2) is 11.0 Å². The number of methoxy groups -OCH3 is 1. The van der Waals surface area contributed by atoms with E-state index in [1.165, 1.54) is 0 Å². The van der Waals surface area contributed by atoms with Gasteiger partial charge in [-0.15, -0.1) is 0 Å². The van der Waals surface area contributed by atoms with Gasteiger partial charge >= 0.3 is 11.8 Å². The molecule has 1 rings (SSSR count). The number of carbonyl (C=O) groups is 1. The van der Waals surface area contributed by atoms with Crippen LogP contribution in [0.4, 0.5) is 14.6 Å². The fraction of sp³-hybridized carbons (Fsp3) is 0.333. The summed E-state index contributed by atoms with van der Waals surface area (Å²) in [6.45, 7) is 0. The van der Waals surface area contributed by atoms with Gasteiger partial charge in [0.1, 0.15) is 0 Å². The Kier molecular flexibility index (Phi) is 4.08. The minimum atomic E-state index is -3.31. The number of H-pyrrole nitrogens is 1. The van der Waals surface area contributed by atoms with Gasteiger partial charge in [0.2, 0.25) is 5.43 Å². The largest absolute Gasteiger partial charge is 0.469 e. The highest BCUT2D eigenvalue weighted by Crippen LogP contribution is 2.23. The van der Waals surface area contributed by atoms with Gasteiger partial charge in [0.15, 0.2) is 5.56 Å². The molecule has 1 N–H and O–H groups in total. The van der Waals surface area contributed by atoms with Gasteiger partial charge in [0.25, 0.3) is 6.43 Å². The molecular formula is C9H8F2N2O5. The van der Waals surface area contributed by atoms with E-state index in [-0.39, 0.29) is 5.56 Å². The van der Waals surface area contributed by atoms with Crippen LogP contribution in [0.5, 0.6) is 0 Å². The summed E-state index contributed by atoms with van der Waals surface area (Å²) >= 11 is 0. The van der Waals surface area contributed by atoms with Crippen LogP contribution in [0, 0.1) is 10.1 Å². The lowest BCUT2D eigenvalue weighted by atomic mass is 10.1. The van der Waals surface area contributed by atoms with Crippen molar-refractivity contribution in [2.24, 2.45) is 0 Å². The van der Waals surface area contributed by atoms with E-state index < -0.39 is 40.5 Å². The van der Waals surface area contributed by atoms with Crippen LogP contribution in [0.2, 0.25) is 0 Å². The summed E-state index contributed by atoms with van der Waals surface area (Å²) in [6, 6.07) is 0. The lowest BCUT2D eigenvalue weighted by molar-refractivity contribution is -0.391. The first kappa shape index (κ1) is 13.7. The van der Waals surface area contributed by atoms with E-state index in [0.717, 1.165) is 13.3 Å². The molecule has 0 fully saturated rings. The van der Waals surface area contributed by atoms with Crippen molar-refractivity contribution in [1.82, 2.24) is 4.98 Å². The van der Waals surface area contributed by atoms with E-state index in [0.29, 0.717) is 0 Å². The van der Waals surface area contributed by atoms with E-state index in [1.54, 1.807) is 0 Å². The molecule has 0 bridgehead atoms. The number of nitro groups is 1. The number of rotatable bonds is 4. The van der Waals surface area contributed by atoms with Gasteiger partial charge in [0.05, 0.1) is 25.3 Å². The highest BCUT2D eigenvalue weighted by atomic mass is 19.3. The van der Waals surface area contributed by atoms with E-state index in [4.69, 9.17) is 0 Å². The number of nitrogens with one attached hydrogen (secondary N) is 1. The molecule has 0 aliphatic rings. The lowest BCUT2D eigenvalue weighted by Gasteiger charge is -2.04. The van der Waals surface area contributed by atoms with Gasteiger partial charge < -0.3 is 14.9 Å². The zero-order chi connectivity index (χ0) is 13.9. The summed E-state index contributed by atoms with van der Waals surface area (Å²) in [6.07, 6.45) is -3.00. The Bertz CT molecular complexity index is 540. The van der Waals surface area contributed by atoms with Crippen LogP contribution in [0.1, 0.15) is 17.6 Å². The minimum Gasteiger partial charge on any atom is -0.469 e. The Morgan fingerprint density at radius 1 is 1.61 bits per heavy atom. The Morgan fingerprint density at radius 2 is 2.22 bits per heavy atom. The van der Waals surface area contributed by atoms with Crippen molar-refractivity contribution < 1.29 is 23.2 Å². The molecule has 0 saturated carbocycles. The average Bonchev–Trinajstić information content (AvgIpc) is 2.30. The fourth-order valence-corrected chi connectivity index (χ4v) is 1.29. The number of carbonyl (C=O) groups excluding carboxylic acids is 1. The predicted octanol–water partition coefficient (Wildman–Crippen LogP) is 0.936. The van der Waals surface area contributed by atoms with Crippen molar-refractivity contribution in [1.29, 1.82) is 0 Å². The molecule has 0 atom stereocenters. The second-order valence-electron chi connectivity index (χ2n) is 3.22. The van der Waals surface area contributed by atoms with E-state index in [2.05, 4.69) is 4.74 Å². The zero-order valence-corrected chi connectivity index (χ0v) is 9.11. The monoisotopic (exact) mass is 262 g/mol. The van der Waals surface area contributed by atoms with Crippen molar-refractivity contribution in [3.05, 3.63) is 37.7 Å². The molecule has 0 aliphatic heterocycles. The second kappa shape index (κ2) is 5.34. The molecule has 0 spiro atoms. The lowest BCUT2D eigenvalue weighted by Crippen LogP contribution is -2.21. The number of esters is 1. The second-order valence-corrected chi connectivity index (χ2v) is 3.22. The smallest absolute Gasteiger partial charge is 0.333 e. The molecule has 0 aromatic carbocycles. The van der Waals surface area contributed by atoms with Crippen LogP contribution >= 0.6 is 0 Å². The highest BCUT2D eigenvalue weighted by molar-refractivity contribution is 5.72. The first-order chi connectivity index (χ1) is 8.38. The number of halogens is 2. The summed E-state index contributed by atoms with van der Waals surface area (Å²) < 4.78 is 29.5. The van der Waals surface area contributed by atoms with Crippen molar-refractivity contribution in [2.45, 2.75) is 12.8 Å². The van der Waals surface area contributed by atoms with Gasteiger partial charge in [-0.25, -0.2) is 13.8 Å². The number of pyridine rings is 1. The maximum absolute atomic E-state index is 12.6. The van der Waals surface area contributed by atoms with Crippen LogP contribution in [0.25, 0.3) is 0 Å². The van der Waals surface area contributed by atoms with Gasteiger partial charge in [-0.05, 0) is 4.92 Å². The molecule has 0 radical (unpaired) electrons. The SMILES string of the molecule is COC(=O)Cc1c[nH]c([N+](=O)[O-])c(C(F)F)c1=O. The topological polar surface area (TPSA) is 102 Å². The minimum absolute atomic E-state index is 0.317. The number of hydrogen-bond donors (Lipinski definition) is 1. The number of alkyl halides is 2. The van der Waals surface area contributed by atoms with Crippen LogP contribution in [-0.2, 0) is 16.0 Å². The summed E-state index contributed by atoms with van der Waals surface area (Å²) in [5.41, 5.74) is -2.81. The van der Waals surface area contributed by atoms with Crippen molar-refractivity contribution in [2.75, 3.05) is 7.11 Å². The maximum Gasteiger partial charge on any atom is 0.333 e. The molecule has 9 heteroatoms. The Balaban J connectivity index is 3.35. The molecule has 1 aromatic rings. The Labute approximate surface area is 98.5 Å². The van der Waals surface area contributed by atoms with Crippen molar-refractivity contribution in [3.63, 3.8) is 0 Å². The first-order valence-electron chi connectivity index (χ1n) is 4.62. The van der Waals surface area contributed by atoms with Gasteiger partial charge in [0, 0.05) is 0 Å². The number of ether oxygens (including phenoxy) is 1. The van der Waals surface area contributed by atoms with E-state index in [9.17, 15) is 28.5 Å². The number of aromatic amines is 1. The zero-order valence-electron chi connectivity index (χ0n) is 9.11. The van der Waals surface area contributed by atoms with Crippen LogP contribution in [0.3, 0.4) is 0 Å². The molecule has 0 saturated heterocycles. The van der Waals surface area contributed by atoms with Crippen molar-refractivity contribution in [3.8, 4) is 0 Å². The molecule has 98 valence electrons. The first-order valence-corrected chi connectivity index (χ1v) is 4.62. The van der Waals surface area contributed by atoms with Gasteiger partial charge in [-0.1, -0.05) is 0 Å². The maximum atomic E-state index is 12.6. The third-order valence-corrected chi connectivity index (χ3v) is 2.14. The summed E-state index contributed by atoms with van der Waals surface area (Å²) in [4.78, 5) is 33.8. The van der Waals surface area contributed by atoms with Gasteiger partial charge in [-0.2, -0.15) is 0 Å². The van der Waals surface area contributed by atoms with E-state index >= 15 is 0 Å². The number of nitrogens with zero attached hydrogens (tertiary/aromatic N) is 1. The molecular weight excluding hydrogens is 254 g/mol. The van der Waals surface area contributed by atoms with Crippen molar-refractivity contribution >= 4 is 11.8 Å². The average molecular weight is 262 g/mol. The summed E-state index contributed by atoms with van der Waals surface area (Å²) in [5, 5.41) is 10.5.